The summed E-state index contributed by atoms with van der Waals surface area (Å²) in [7, 11) is 0. The molecular weight excluding hydrogens is 329 g/mol. The fourth-order valence-corrected chi connectivity index (χ4v) is 2.60. The first-order chi connectivity index (χ1) is 10.8. The number of alkyl halides is 3. The Morgan fingerprint density at radius 1 is 1.30 bits per heavy atom. The summed E-state index contributed by atoms with van der Waals surface area (Å²) in [6.07, 6.45) is -2.81. The van der Waals surface area contributed by atoms with Gasteiger partial charge in [-0.15, -0.1) is 10.2 Å². The fourth-order valence-electron chi connectivity index (χ4n) is 1.76. The minimum Gasteiger partial charge on any atom is -0.325 e. The van der Waals surface area contributed by atoms with Crippen LogP contribution in [0.4, 0.5) is 18.9 Å². The van der Waals surface area contributed by atoms with Gasteiger partial charge < -0.3 is 9.88 Å². The second-order valence-corrected chi connectivity index (χ2v) is 5.97. The summed E-state index contributed by atoms with van der Waals surface area (Å²) >= 11 is 1.21. The molecule has 0 aliphatic carbocycles. The van der Waals surface area contributed by atoms with Gasteiger partial charge in [0.05, 0.1) is 11.3 Å². The van der Waals surface area contributed by atoms with Crippen molar-refractivity contribution in [3.63, 3.8) is 0 Å². The summed E-state index contributed by atoms with van der Waals surface area (Å²) in [5.41, 5.74) is -0.441. The van der Waals surface area contributed by atoms with Gasteiger partial charge in [-0.1, -0.05) is 11.8 Å². The van der Waals surface area contributed by atoms with Crippen molar-refractivity contribution in [2.75, 3.05) is 11.1 Å². The monoisotopic (exact) mass is 344 g/mol. The Bertz CT molecular complexity index is 667. The van der Waals surface area contributed by atoms with Crippen LogP contribution in [0.5, 0.6) is 0 Å². The minimum absolute atomic E-state index is 0.0897. The molecule has 0 unspecified atom stereocenters. The van der Waals surface area contributed by atoms with Crippen LogP contribution in [0.1, 0.15) is 25.5 Å². The van der Waals surface area contributed by atoms with Gasteiger partial charge >= 0.3 is 6.18 Å². The lowest BCUT2D eigenvalue weighted by Crippen LogP contribution is -2.15. The van der Waals surface area contributed by atoms with Crippen molar-refractivity contribution < 1.29 is 18.0 Å². The number of nitrogens with one attached hydrogen (secondary N) is 1. The average molecular weight is 344 g/mol. The molecule has 0 aliphatic heterocycles. The number of hydrogen-bond donors (Lipinski definition) is 1. The van der Waals surface area contributed by atoms with E-state index in [0.29, 0.717) is 10.8 Å². The highest BCUT2D eigenvalue weighted by Crippen LogP contribution is 2.29. The Balaban J connectivity index is 1.91. The first-order valence-electron chi connectivity index (χ1n) is 6.77. The molecule has 0 bridgehead atoms. The Kier molecular flexibility index (Phi) is 5.30. The van der Waals surface area contributed by atoms with Crippen molar-refractivity contribution in [2.45, 2.75) is 31.2 Å². The van der Waals surface area contributed by atoms with E-state index in [1.807, 2.05) is 18.4 Å². The van der Waals surface area contributed by atoms with E-state index in [1.54, 1.807) is 6.33 Å². The Labute approximate surface area is 135 Å². The summed E-state index contributed by atoms with van der Waals surface area (Å²) < 4.78 is 39.2. The van der Waals surface area contributed by atoms with E-state index >= 15 is 0 Å². The van der Waals surface area contributed by atoms with Crippen LogP contribution in [-0.2, 0) is 11.0 Å². The zero-order chi connectivity index (χ0) is 17.0. The van der Waals surface area contributed by atoms with Crippen LogP contribution >= 0.6 is 11.8 Å². The summed E-state index contributed by atoms with van der Waals surface area (Å²) in [5.74, 6) is -0.236. The van der Waals surface area contributed by atoms with Gasteiger partial charge in [-0.2, -0.15) is 13.2 Å². The standard InChI is InChI=1S/C14H15F3N4OS/c1-9(2)21-8-18-20-13(21)23-7-12(22)19-11-5-3-10(4-6-11)14(15,16)17/h3-6,8-9H,7H2,1-2H3,(H,19,22). The molecule has 124 valence electrons. The molecule has 23 heavy (non-hydrogen) atoms. The van der Waals surface area contributed by atoms with Crippen LogP contribution in [0.15, 0.2) is 35.7 Å². The Morgan fingerprint density at radius 2 is 1.96 bits per heavy atom. The van der Waals surface area contributed by atoms with Gasteiger partial charge in [-0.25, -0.2) is 0 Å². The Hall–Kier alpha value is -2.03. The van der Waals surface area contributed by atoms with E-state index in [0.717, 1.165) is 12.1 Å². The topological polar surface area (TPSA) is 59.8 Å². The van der Waals surface area contributed by atoms with Gasteiger partial charge in [0.25, 0.3) is 0 Å². The molecule has 1 aromatic carbocycles. The smallest absolute Gasteiger partial charge is 0.325 e. The van der Waals surface area contributed by atoms with E-state index in [9.17, 15) is 18.0 Å². The maximum absolute atomic E-state index is 12.5. The molecule has 0 saturated carbocycles. The zero-order valence-corrected chi connectivity index (χ0v) is 13.3. The summed E-state index contributed by atoms with van der Waals surface area (Å²) in [6, 6.07) is 4.48. The third-order valence-electron chi connectivity index (χ3n) is 2.92. The summed E-state index contributed by atoms with van der Waals surface area (Å²) in [6.45, 7) is 3.94. The number of hydrogen-bond acceptors (Lipinski definition) is 4. The molecule has 0 radical (unpaired) electrons. The molecule has 1 heterocycles. The number of thioether (sulfide) groups is 1. The second-order valence-electron chi connectivity index (χ2n) is 5.03. The van der Waals surface area contributed by atoms with Gasteiger partial charge in [0, 0.05) is 11.7 Å². The number of benzene rings is 1. The molecule has 1 amide bonds. The van der Waals surface area contributed by atoms with Crippen LogP contribution < -0.4 is 5.32 Å². The quantitative estimate of drug-likeness (QED) is 0.842. The van der Waals surface area contributed by atoms with Gasteiger partial charge in [-0.3, -0.25) is 4.79 Å². The highest BCUT2D eigenvalue weighted by molar-refractivity contribution is 7.99. The van der Waals surface area contributed by atoms with Gasteiger partial charge in [0.15, 0.2) is 5.16 Å². The molecule has 1 aromatic heterocycles. The van der Waals surface area contributed by atoms with Gasteiger partial charge in [-0.05, 0) is 38.1 Å². The van der Waals surface area contributed by atoms with Crippen LogP contribution in [0, 0.1) is 0 Å². The Morgan fingerprint density at radius 3 is 2.52 bits per heavy atom. The first-order valence-corrected chi connectivity index (χ1v) is 7.75. The lowest BCUT2D eigenvalue weighted by atomic mass is 10.2. The molecule has 0 atom stereocenters. The predicted octanol–water partition coefficient (Wildman–Crippen LogP) is 3.61. The molecule has 0 fully saturated rings. The normalized spacial score (nSPS) is 11.7. The molecule has 1 N–H and O–H groups in total. The predicted molar refractivity (Wildman–Crippen MR) is 81.2 cm³/mol. The highest BCUT2D eigenvalue weighted by Gasteiger charge is 2.29. The summed E-state index contributed by atoms with van der Waals surface area (Å²) in [5, 5.41) is 10.9. The molecular formula is C14H15F3N4OS. The minimum atomic E-state index is -4.39. The molecule has 2 aromatic rings. The number of anilines is 1. The SMILES string of the molecule is CC(C)n1cnnc1SCC(=O)Nc1ccc(C(F)(F)F)cc1. The fraction of sp³-hybridized carbons (Fsp3) is 0.357. The van der Waals surface area contributed by atoms with E-state index in [1.165, 1.54) is 23.9 Å². The van der Waals surface area contributed by atoms with Crippen molar-refractivity contribution in [2.24, 2.45) is 0 Å². The zero-order valence-electron chi connectivity index (χ0n) is 12.5. The third kappa shape index (κ3) is 4.72. The van der Waals surface area contributed by atoms with Crippen LogP contribution in [0.3, 0.4) is 0 Å². The first kappa shape index (κ1) is 17.3. The van der Waals surface area contributed by atoms with Crippen molar-refractivity contribution in [3.05, 3.63) is 36.2 Å². The van der Waals surface area contributed by atoms with Crippen LogP contribution in [-0.4, -0.2) is 26.4 Å². The van der Waals surface area contributed by atoms with Crippen LogP contribution in [0.25, 0.3) is 0 Å². The summed E-state index contributed by atoms with van der Waals surface area (Å²) in [4.78, 5) is 11.9. The number of aromatic nitrogens is 3. The largest absolute Gasteiger partial charge is 0.416 e. The number of carbonyl (C=O) groups is 1. The molecule has 5 nitrogen and oxygen atoms in total. The van der Waals surface area contributed by atoms with E-state index < -0.39 is 11.7 Å². The van der Waals surface area contributed by atoms with Crippen molar-refractivity contribution >= 4 is 23.4 Å². The lowest BCUT2D eigenvalue weighted by molar-refractivity contribution is -0.137. The lowest BCUT2D eigenvalue weighted by Gasteiger charge is -2.10. The number of nitrogens with zero attached hydrogens (tertiary/aromatic N) is 3. The highest BCUT2D eigenvalue weighted by atomic mass is 32.2. The van der Waals surface area contributed by atoms with E-state index in [-0.39, 0.29) is 17.7 Å². The van der Waals surface area contributed by atoms with Gasteiger partial charge in [0.2, 0.25) is 5.91 Å². The molecule has 2 rings (SSSR count). The molecule has 0 saturated heterocycles. The second kappa shape index (κ2) is 7.03. The molecule has 0 aliphatic rings. The van der Waals surface area contributed by atoms with E-state index in [4.69, 9.17) is 0 Å². The average Bonchev–Trinajstić information content (AvgIpc) is 2.93. The number of amides is 1. The molecule has 9 heteroatoms. The number of carbonyl (C=O) groups excluding carboxylic acids is 1. The maximum Gasteiger partial charge on any atom is 0.416 e. The number of halogens is 3. The van der Waals surface area contributed by atoms with Crippen molar-refractivity contribution in [3.8, 4) is 0 Å². The third-order valence-corrected chi connectivity index (χ3v) is 3.88. The number of rotatable bonds is 5. The van der Waals surface area contributed by atoms with E-state index in [2.05, 4.69) is 15.5 Å². The maximum atomic E-state index is 12.5. The van der Waals surface area contributed by atoms with Gasteiger partial charge in [0.1, 0.15) is 6.33 Å². The van der Waals surface area contributed by atoms with Crippen LogP contribution in [0.2, 0.25) is 0 Å². The van der Waals surface area contributed by atoms with Crippen molar-refractivity contribution in [1.82, 2.24) is 14.8 Å². The van der Waals surface area contributed by atoms with Crippen molar-refractivity contribution in [1.29, 1.82) is 0 Å². The molecule has 0 spiro atoms.